The molecule has 1 saturated heterocycles. The Bertz CT molecular complexity index is 1030. The third-order valence-corrected chi connectivity index (χ3v) is 7.27. The summed E-state index contributed by atoms with van der Waals surface area (Å²) in [5, 5.41) is 13.2. The van der Waals surface area contributed by atoms with Gasteiger partial charge < -0.3 is 28.0 Å². The molecular formula is C31H35NO2U. The molecule has 1 saturated carbocycles. The second kappa shape index (κ2) is 13.0. The second-order valence-electron chi connectivity index (χ2n) is 9.60. The molecule has 3 aromatic rings. The Morgan fingerprint density at radius 2 is 1.57 bits per heavy atom. The van der Waals surface area contributed by atoms with Crippen LogP contribution in [0.3, 0.4) is 0 Å². The van der Waals surface area contributed by atoms with Gasteiger partial charge in [0, 0.05) is 12.0 Å². The van der Waals surface area contributed by atoms with Crippen molar-refractivity contribution in [2.45, 2.75) is 56.5 Å². The van der Waals surface area contributed by atoms with Crippen LogP contribution in [0, 0.1) is 44.0 Å². The molecule has 4 heteroatoms. The molecule has 3 aromatic carbocycles. The van der Waals surface area contributed by atoms with Crippen molar-refractivity contribution in [1.29, 1.82) is 0 Å². The van der Waals surface area contributed by atoms with Crippen molar-refractivity contribution in [3.8, 4) is 11.5 Å². The summed E-state index contributed by atoms with van der Waals surface area (Å²) in [5.41, 5.74) is 5.30. The van der Waals surface area contributed by atoms with Crippen LogP contribution in [0.2, 0.25) is 0 Å². The predicted molar refractivity (Wildman–Crippen MR) is 138 cm³/mol. The molecule has 2 N–H and O–H groups in total. The van der Waals surface area contributed by atoms with E-state index in [1.54, 1.807) is 0 Å². The van der Waals surface area contributed by atoms with Crippen molar-refractivity contribution in [2.75, 3.05) is 13.1 Å². The minimum Gasteiger partial charge on any atom is -0.508 e. The van der Waals surface area contributed by atoms with Crippen molar-refractivity contribution in [1.82, 2.24) is 5.32 Å². The zero-order valence-electron chi connectivity index (χ0n) is 20.3. The fraction of sp³-hybridized carbons (Fsp3) is 0.355. The first kappa shape index (κ1) is 26.3. The molecule has 0 spiro atoms. The molecule has 1 unspecified atom stereocenters. The largest absolute Gasteiger partial charge is 2.00 e. The zero-order valence-corrected chi connectivity index (χ0v) is 24.5. The first-order valence-electron chi connectivity index (χ1n) is 12.8. The number of phenolic OH excluding ortho intramolecular Hbond substituents is 1. The van der Waals surface area contributed by atoms with Crippen LogP contribution in [0.1, 0.15) is 66.2 Å². The number of ether oxygens (including phenoxy) is 1. The van der Waals surface area contributed by atoms with Crippen LogP contribution in [0.15, 0.2) is 72.8 Å². The molecule has 0 radical (unpaired) electrons. The van der Waals surface area contributed by atoms with Gasteiger partial charge in [-0.05, 0) is 78.4 Å². The van der Waals surface area contributed by atoms with E-state index in [9.17, 15) is 5.11 Å². The van der Waals surface area contributed by atoms with Gasteiger partial charge in [0.15, 0.2) is 0 Å². The first-order chi connectivity index (χ1) is 16.8. The van der Waals surface area contributed by atoms with Gasteiger partial charge in [-0.25, -0.2) is 0 Å². The topological polar surface area (TPSA) is 41.5 Å². The van der Waals surface area contributed by atoms with E-state index in [2.05, 4.69) is 78.8 Å². The summed E-state index contributed by atoms with van der Waals surface area (Å²) < 4.78 is 6.02. The van der Waals surface area contributed by atoms with Crippen LogP contribution in [-0.4, -0.2) is 24.3 Å². The minimum atomic E-state index is 0. The SMILES string of the molecule is Oc1ccc2c(c1)CCC(c1ccccc1)[C@@H]2c1ccc(OC2C[CH-]C2)cc1.[CH-]1CCNCC1.[U+2]. The Labute approximate surface area is 234 Å². The number of rotatable bonds is 4. The maximum absolute atomic E-state index is 9.96. The van der Waals surface area contributed by atoms with Crippen LogP contribution >= 0.6 is 0 Å². The number of phenols is 1. The average Bonchev–Trinajstić information content (AvgIpc) is 2.88. The standard InChI is InChI=1S/C26H25O2.C5H10N.U/c27-21-12-16-25-20(17-21)11-15-24(18-5-2-1-3-6-18)26(25)19-9-13-23(14-10-19)28-22-7-4-8-22;1-2-4-6-5-3-1;/h1-6,9-10,12-14,16-17,22,24,26-27H,7-8,11,15H2;1,6H,2-5H2;/q2*-1;+2/t24?,26-;;/m0../s1. The van der Waals surface area contributed by atoms with Crippen molar-refractivity contribution < 1.29 is 41.0 Å². The van der Waals surface area contributed by atoms with Gasteiger partial charge in [0.1, 0.15) is 11.5 Å². The summed E-state index contributed by atoms with van der Waals surface area (Å²) in [6.07, 6.45) is 11.7. The molecular weight excluding hydrogens is 656 g/mol. The van der Waals surface area contributed by atoms with Gasteiger partial charge in [0.05, 0.1) is 0 Å². The summed E-state index contributed by atoms with van der Waals surface area (Å²) in [5.74, 6) is 2.04. The van der Waals surface area contributed by atoms with Crippen LogP contribution in [0.4, 0.5) is 0 Å². The Kier molecular flexibility index (Phi) is 9.78. The number of benzene rings is 3. The molecule has 1 heterocycles. The molecule has 180 valence electrons. The first-order valence-corrected chi connectivity index (χ1v) is 12.8. The van der Waals surface area contributed by atoms with Gasteiger partial charge >= 0.3 is 31.1 Å². The molecule has 3 aliphatic rings. The van der Waals surface area contributed by atoms with E-state index >= 15 is 0 Å². The normalized spacial score (nSPS) is 21.4. The minimum absolute atomic E-state index is 0. The monoisotopic (exact) mass is 691 g/mol. The number of nitrogens with one attached hydrogen (secondary N) is 1. The van der Waals surface area contributed by atoms with Crippen molar-refractivity contribution >= 4 is 0 Å². The zero-order chi connectivity index (χ0) is 23.2. The smallest absolute Gasteiger partial charge is 0.508 e. The molecule has 6 rings (SSSR count). The van der Waals surface area contributed by atoms with Crippen molar-refractivity contribution in [2.24, 2.45) is 0 Å². The average molecular weight is 692 g/mol. The van der Waals surface area contributed by atoms with Gasteiger partial charge in [0.2, 0.25) is 0 Å². The van der Waals surface area contributed by atoms with Gasteiger partial charge in [0.25, 0.3) is 0 Å². The van der Waals surface area contributed by atoms with Crippen LogP contribution in [0.25, 0.3) is 0 Å². The molecule has 35 heavy (non-hydrogen) atoms. The van der Waals surface area contributed by atoms with Gasteiger partial charge in [-0.3, -0.25) is 0 Å². The molecule has 0 amide bonds. The number of aryl methyl sites for hydroxylation is 1. The van der Waals surface area contributed by atoms with Crippen LogP contribution < -0.4 is 10.1 Å². The van der Waals surface area contributed by atoms with E-state index in [4.69, 9.17) is 4.74 Å². The molecule has 3 nitrogen and oxygen atoms in total. The summed E-state index contributed by atoms with van der Waals surface area (Å²) in [6, 6.07) is 25.4. The van der Waals surface area contributed by atoms with E-state index in [0.29, 0.717) is 17.8 Å². The maximum Gasteiger partial charge on any atom is 2.00 e. The molecule has 0 aromatic heterocycles. The Morgan fingerprint density at radius 3 is 2.17 bits per heavy atom. The fourth-order valence-electron chi connectivity index (χ4n) is 5.30. The van der Waals surface area contributed by atoms with Gasteiger partial charge in [-0.15, -0.1) is 12.8 Å². The summed E-state index contributed by atoms with van der Waals surface area (Å²) in [7, 11) is 0. The van der Waals surface area contributed by atoms with E-state index in [1.807, 2.05) is 12.1 Å². The molecule has 2 atom stereocenters. The van der Waals surface area contributed by atoms with E-state index < -0.39 is 0 Å². The van der Waals surface area contributed by atoms with E-state index in [0.717, 1.165) is 31.4 Å². The summed E-state index contributed by atoms with van der Waals surface area (Å²) in [4.78, 5) is 0. The quantitative estimate of drug-likeness (QED) is 0.304. The molecule has 2 fully saturated rings. The van der Waals surface area contributed by atoms with E-state index in [1.165, 1.54) is 48.2 Å². The van der Waals surface area contributed by atoms with Crippen molar-refractivity contribution in [3.05, 3.63) is 108 Å². The number of piperidine rings is 1. The third-order valence-electron chi connectivity index (χ3n) is 7.27. The maximum atomic E-state index is 9.96. The summed E-state index contributed by atoms with van der Waals surface area (Å²) in [6.45, 7) is 2.39. The van der Waals surface area contributed by atoms with E-state index in [-0.39, 0.29) is 37.0 Å². The number of hydrogen-bond acceptors (Lipinski definition) is 3. The summed E-state index contributed by atoms with van der Waals surface area (Å²) >= 11 is 0. The van der Waals surface area contributed by atoms with Crippen LogP contribution in [-0.2, 0) is 6.42 Å². The molecule has 0 bridgehead atoms. The van der Waals surface area contributed by atoms with Gasteiger partial charge in [-0.2, -0.15) is 12.8 Å². The Balaban J connectivity index is 0.000000363. The number of hydrogen-bond donors (Lipinski definition) is 2. The van der Waals surface area contributed by atoms with Crippen LogP contribution in [0.5, 0.6) is 11.5 Å². The fourth-order valence-corrected chi connectivity index (χ4v) is 5.30. The van der Waals surface area contributed by atoms with Crippen molar-refractivity contribution in [3.63, 3.8) is 0 Å². The molecule has 1 aliphatic heterocycles. The van der Waals surface area contributed by atoms with Gasteiger partial charge in [-0.1, -0.05) is 48.5 Å². The predicted octanol–water partition coefficient (Wildman–Crippen LogP) is 6.57. The Morgan fingerprint density at radius 1 is 0.829 bits per heavy atom. The number of aromatic hydroxyl groups is 1. The Hall–Kier alpha value is -1.73. The molecule has 2 aliphatic carbocycles. The third kappa shape index (κ3) is 6.73. The second-order valence-corrected chi connectivity index (χ2v) is 9.60. The number of fused-ring (bicyclic) bond motifs is 1.